The Morgan fingerprint density at radius 2 is 1.79 bits per heavy atom. The Bertz CT molecular complexity index is 562. The first-order valence-corrected chi connectivity index (χ1v) is 7.10. The van der Waals surface area contributed by atoms with Crippen molar-refractivity contribution in [1.29, 1.82) is 0 Å². The molecule has 0 aromatic heterocycles. The number of carbonyl (C=O) groups is 1. The van der Waals surface area contributed by atoms with Crippen molar-refractivity contribution in [3.8, 4) is 0 Å². The third kappa shape index (κ3) is 3.42. The summed E-state index contributed by atoms with van der Waals surface area (Å²) in [5.41, 5.74) is 1.28. The van der Waals surface area contributed by atoms with E-state index in [1.807, 2.05) is 6.92 Å². The van der Waals surface area contributed by atoms with Crippen LogP contribution in [-0.2, 0) is 4.79 Å². The summed E-state index contributed by atoms with van der Waals surface area (Å²) in [6.45, 7) is 6.00. The van der Waals surface area contributed by atoms with Gasteiger partial charge in [0, 0.05) is 12.5 Å². The Labute approximate surface area is 115 Å². The third-order valence-electron chi connectivity index (χ3n) is 3.68. The van der Waals surface area contributed by atoms with Gasteiger partial charge in [0.2, 0.25) is 0 Å². The van der Waals surface area contributed by atoms with E-state index >= 15 is 0 Å². The van der Waals surface area contributed by atoms with Crippen molar-refractivity contribution in [2.45, 2.75) is 26.7 Å². The number of carbonyl (C=O) groups excluding carboxylic acids is 1. The molecule has 1 unspecified atom stereocenters. The summed E-state index contributed by atoms with van der Waals surface area (Å²) in [6, 6.07) is 15.0. The molecule has 0 aliphatic rings. The molecule has 2 aromatic carbocycles. The van der Waals surface area contributed by atoms with Gasteiger partial charge in [-0.3, -0.25) is 4.79 Å². The van der Waals surface area contributed by atoms with Gasteiger partial charge >= 0.3 is 0 Å². The molecular formula is C17H22NO+. The summed E-state index contributed by atoms with van der Waals surface area (Å²) < 4.78 is 0. The van der Waals surface area contributed by atoms with Crippen molar-refractivity contribution in [3.63, 3.8) is 0 Å². The monoisotopic (exact) mass is 256 g/mol. The van der Waals surface area contributed by atoms with Crippen LogP contribution in [0.5, 0.6) is 0 Å². The van der Waals surface area contributed by atoms with E-state index < -0.39 is 0 Å². The molecule has 0 amide bonds. The van der Waals surface area contributed by atoms with Crippen LogP contribution in [0, 0.1) is 0 Å². The predicted molar refractivity (Wildman–Crippen MR) is 79.9 cm³/mol. The average Bonchev–Trinajstić information content (AvgIpc) is 2.47. The topological polar surface area (TPSA) is 21.5 Å². The second kappa shape index (κ2) is 6.48. The maximum Gasteiger partial charge on any atom is 0.138 e. The molecule has 0 saturated heterocycles. The maximum atomic E-state index is 11.5. The number of ketones is 1. The van der Waals surface area contributed by atoms with Crippen molar-refractivity contribution in [1.82, 2.24) is 0 Å². The standard InChI is InChI=1S/C17H21NO/c1-3-17(19)11-12-18(4-2)16-10-9-14-7-5-6-8-15(14)13-16/h5-10,13H,3-4,11-12H2,1-2H3/p+1. The fourth-order valence-electron chi connectivity index (χ4n) is 2.40. The lowest BCUT2D eigenvalue weighted by molar-refractivity contribution is -0.829. The van der Waals surface area contributed by atoms with E-state index in [0.717, 1.165) is 13.1 Å². The average molecular weight is 256 g/mol. The van der Waals surface area contributed by atoms with E-state index in [1.54, 1.807) is 0 Å². The minimum absolute atomic E-state index is 0.353. The highest BCUT2D eigenvalue weighted by Crippen LogP contribution is 2.16. The van der Waals surface area contributed by atoms with Crippen LogP contribution < -0.4 is 4.90 Å². The second-order valence-electron chi connectivity index (χ2n) is 4.91. The quantitative estimate of drug-likeness (QED) is 0.843. The molecule has 0 spiro atoms. The van der Waals surface area contributed by atoms with Crippen LogP contribution in [0.25, 0.3) is 10.8 Å². The first-order chi connectivity index (χ1) is 9.24. The van der Waals surface area contributed by atoms with E-state index in [4.69, 9.17) is 0 Å². The molecule has 0 aliphatic heterocycles. The Balaban J connectivity index is 2.18. The number of hydrogen-bond acceptors (Lipinski definition) is 1. The van der Waals surface area contributed by atoms with E-state index in [-0.39, 0.29) is 0 Å². The first kappa shape index (κ1) is 13.8. The molecule has 1 N–H and O–H groups in total. The summed E-state index contributed by atoms with van der Waals surface area (Å²) in [7, 11) is 0. The number of nitrogens with one attached hydrogen (secondary N) is 1. The maximum absolute atomic E-state index is 11.5. The molecule has 0 heterocycles. The lowest BCUT2D eigenvalue weighted by Crippen LogP contribution is -3.07. The highest BCUT2D eigenvalue weighted by Gasteiger charge is 2.12. The van der Waals surface area contributed by atoms with Crippen LogP contribution in [0.3, 0.4) is 0 Å². The summed E-state index contributed by atoms with van der Waals surface area (Å²) >= 11 is 0. The van der Waals surface area contributed by atoms with Gasteiger partial charge in [0.05, 0.1) is 19.5 Å². The zero-order chi connectivity index (χ0) is 13.7. The molecule has 100 valence electrons. The van der Waals surface area contributed by atoms with Crippen LogP contribution >= 0.6 is 0 Å². The van der Waals surface area contributed by atoms with Gasteiger partial charge in [0.25, 0.3) is 0 Å². The Morgan fingerprint density at radius 1 is 1.05 bits per heavy atom. The minimum atomic E-state index is 0.353. The summed E-state index contributed by atoms with van der Waals surface area (Å²) in [6.07, 6.45) is 1.32. The van der Waals surface area contributed by atoms with Crippen molar-refractivity contribution in [2.75, 3.05) is 13.1 Å². The van der Waals surface area contributed by atoms with Crippen LogP contribution in [-0.4, -0.2) is 18.9 Å². The van der Waals surface area contributed by atoms with Crippen molar-refractivity contribution >= 4 is 22.2 Å². The highest BCUT2D eigenvalue weighted by atomic mass is 16.1. The molecule has 19 heavy (non-hydrogen) atoms. The van der Waals surface area contributed by atoms with E-state index in [2.05, 4.69) is 49.4 Å². The van der Waals surface area contributed by atoms with Gasteiger partial charge < -0.3 is 4.90 Å². The summed E-state index contributed by atoms with van der Waals surface area (Å²) in [5.74, 6) is 0.353. The smallest absolute Gasteiger partial charge is 0.138 e. The number of Topliss-reactive ketones (excluding diaryl/α,β-unsaturated/α-hetero) is 1. The molecule has 2 nitrogen and oxygen atoms in total. The number of hydrogen-bond donors (Lipinski definition) is 1. The molecule has 0 saturated carbocycles. The molecule has 0 fully saturated rings. The van der Waals surface area contributed by atoms with E-state index in [1.165, 1.54) is 21.4 Å². The zero-order valence-electron chi connectivity index (χ0n) is 11.8. The Kier molecular flexibility index (Phi) is 4.69. The van der Waals surface area contributed by atoms with Crippen molar-refractivity contribution in [2.24, 2.45) is 0 Å². The summed E-state index contributed by atoms with van der Waals surface area (Å²) in [5, 5.41) is 2.54. The van der Waals surface area contributed by atoms with Crippen LogP contribution in [0.4, 0.5) is 5.69 Å². The Hall–Kier alpha value is -1.67. The van der Waals surface area contributed by atoms with Gasteiger partial charge in [-0.15, -0.1) is 0 Å². The van der Waals surface area contributed by atoms with Gasteiger partial charge in [0.1, 0.15) is 11.5 Å². The first-order valence-electron chi connectivity index (χ1n) is 7.10. The molecule has 0 radical (unpaired) electrons. The number of quaternary nitrogens is 1. The summed E-state index contributed by atoms with van der Waals surface area (Å²) in [4.78, 5) is 12.8. The van der Waals surface area contributed by atoms with Gasteiger partial charge in [-0.1, -0.05) is 31.2 Å². The molecule has 0 bridgehead atoms. The fraction of sp³-hybridized carbons (Fsp3) is 0.353. The van der Waals surface area contributed by atoms with E-state index in [0.29, 0.717) is 18.6 Å². The molecule has 2 aromatic rings. The largest absolute Gasteiger partial charge is 0.302 e. The third-order valence-corrected chi connectivity index (χ3v) is 3.68. The number of fused-ring (bicyclic) bond motifs is 1. The van der Waals surface area contributed by atoms with Gasteiger partial charge in [-0.25, -0.2) is 0 Å². The normalized spacial score (nSPS) is 12.5. The number of benzene rings is 2. The Morgan fingerprint density at radius 3 is 2.47 bits per heavy atom. The predicted octanol–water partition coefficient (Wildman–Crippen LogP) is 2.75. The van der Waals surface area contributed by atoms with Crippen LogP contribution in [0.1, 0.15) is 26.7 Å². The van der Waals surface area contributed by atoms with Gasteiger partial charge in [-0.2, -0.15) is 0 Å². The zero-order valence-corrected chi connectivity index (χ0v) is 11.8. The molecule has 2 heteroatoms. The lowest BCUT2D eigenvalue weighted by Gasteiger charge is -2.17. The van der Waals surface area contributed by atoms with Crippen LogP contribution in [0.2, 0.25) is 0 Å². The fourth-order valence-corrected chi connectivity index (χ4v) is 2.40. The lowest BCUT2D eigenvalue weighted by atomic mass is 10.1. The molecular weight excluding hydrogens is 234 g/mol. The number of rotatable bonds is 6. The molecule has 2 rings (SSSR count). The van der Waals surface area contributed by atoms with Crippen molar-refractivity contribution < 1.29 is 9.69 Å². The van der Waals surface area contributed by atoms with Crippen molar-refractivity contribution in [3.05, 3.63) is 42.5 Å². The molecule has 1 atom stereocenters. The van der Waals surface area contributed by atoms with E-state index in [9.17, 15) is 4.79 Å². The van der Waals surface area contributed by atoms with Gasteiger partial charge in [0.15, 0.2) is 0 Å². The highest BCUT2D eigenvalue weighted by molar-refractivity contribution is 5.84. The SMILES string of the molecule is CCC(=O)CC[NH+](CC)c1ccc2ccccc2c1. The minimum Gasteiger partial charge on any atom is -0.302 e. The van der Waals surface area contributed by atoms with Gasteiger partial charge in [-0.05, 0) is 29.8 Å². The molecule has 0 aliphatic carbocycles. The van der Waals surface area contributed by atoms with Crippen LogP contribution in [0.15, 0.2) is 42.5 Å². The second-order valence-corrected chi connectivity index (χ2v) is 4.91.